The molecule has 0 radical (unpaired) electrons. The van der Waals surface area contributed by atoms with Gasteiger partial charge in [-0.2, -0.15) is 5.26 Å². The molecule has 0 spiro atoms. The van der Waals surface area contributed by atoms with Crippen LogP contribution in [0, 0.1) is 11.3 Å². The number of fused-ring (bicyclic) bond motifs is 1. The number of nitrogens with one attached hydrogen (secondary N) is 3. The number of carbonyl (C=O) groups excluding carboxylic acids is 1. The lowest BCUT2D eigenvalue weighted by molar-refractivity contribution is 0.0988. The number of aromatic nitrogens is 3. The summed E-state index contributed by atoms with van der Waals surface area (Å²) in [6.45, 7) is 1.45. The van der Waals surface area contributed by atoms with Crippen LogP contribution in [-0.4, -0.2) is 32.8 Å². The van der Waals surface area contributed by atoms with Crippen molar-refractivity contribution in [2.45, 2.75) is 36.7 Å². The van der Waals surface area contributed by atoms with Gasteiger partial charge < -0.3 is 14.7 Å². The Hall–Kier alpha value is -3.61. The van der Waals surface area contributed by atoms with Crippen LogP contribution in [0.15, 0.2) is 58.2 Å². The van der Waals surface area contributed by atoms with Crippen molar-refractivity contribution < 1.29 is 9.21 Å². The first-order chi connectivity index (χ1) is 15.6. The minimum absolute atomic E-state index is 0.167. The molecule has 0 amide bonds. The second-order valence-electron chi connectivity index (χ2n) is 7.74. The van der Waals surface area contributed by atoms with Crippen LogP contribution in [0.4, 0.5) is 5.69 Å². The van der Waals surface area contributed by atoms with Crippen LogP contribution in [-0.2, 0) is 0 Å². The van der Waals surface area contributed by atoms with Crippen LogP contribution in [0.2, 0.25) is 0 Å². The molecule has 5 rings (SSSR count). The number of pyridine rings is 1. The van der Waals surface area contributed by atoms with E-state index in [1.54, 1.807) is 24.2 Å². The molecule has 3 heterocycles. The second-order valence-corrected chi connectivity index (χ2v) is 8.65. The zero-order valence-electron chi connectivity index (χ0n) is 17.3. The van der Waals surface area contributed by atoms with Gasteiger partial charge in [-0.25, -0.2) is 9.97 Å². The number of benzene rings is 1. The number of nitriles is 1. The van der Waals surface area contributed by atoms with E-state index in [1.165, 1.54) is 13.1 Å². The number of ketones is 1. The number of nitrogens with zero attached hydrogens (tertiary/aromatic N) is 3. The maximum atomic E-state index is 11.6. The predicted octanol–water partition coefficient (Wildman–Crippen LogP) is 4.53. The molecule has 1 aliphatic rings. The minimum atomic E-state index is -0.167. The van der Waals surface area contributed by atoms with Crippen molar-refractivity contribution in [3.8, 4) is 17.5 Å². The first-order valence-electron chi connectivity index (χ1n) is 10.2. The Bertz CT molecular complexity index is 1330. The molecule has 1 saturated carbocycles. The van der Waals surface area contributed by atoms with Crippen molar-refractivity contribution in [2.24, 2.45) is 0 Å². The molecular weight excluding hydrogens is 424 g/mol. The summed E-state index contributed by atoms with van der Waals surface area (Å²) in [5.41, 5.74) is 3.05. The molecule has 3 N–H and O–H groups in total. The number of Topliss-reactive ketones (excluding diaryl/α,β-unsaturated/α-hetero) is 1. The van der Waals surface area contributed by atoms with E-state index >= 15 is 0 Å². The quantitative estimate of drug-likeness (QED) is 0.281. The fourth-order valence-electron chi connectivity index (χ4n) is 3.70. The van der Waals surface area contributed by atoms with Crippen molar-refractivity contribution in [1.29, 1.82) is 5.26 Å². The van der Waals surface area contributed by atoms with E-state index in [0.717, 1.165) is 40.0 Å². The molecule has 9 heteroatoms. The van der Waals surface area contributed by atoms with Crippen molar-refractivity contribution >= 4 is 34.5 Å². The van der Waals surface area contributed by atoms with Crippen LogP contribution < -0.4 is 10.0 Å². The van der Waals surface area contributed by atoms with E-state index in [4.69, 9.17) is 9.68 Å². The Morgan fingerprint density at radius 3 is 2.91 bits per heavy atom. The van der Waals surface area contributed by atoms with Crippen LogP contribution in [0.25, 0.3) is 22.5 Å². The number of rotatable bonds is 7. The van der Waals surface area contributed by atoms with Crippen LogP contribution >= 0.6 is 11.9 Å². The van der Waals surface area contributed by atoms with Gasteiger partial charge in [-0.1, -0.05) is 6.07 Å². The lowest BCUT2D eigenvalue weighted by Gasteiger charge is -2.37. The molecule has 160 valence electrons. The van der Waals surface area contributed by atoms with E-state index in [1.807, 2.05) is 30.5 Å². The van der Waals surface area contributed by atoms with Crippen molar-refractivity contribution in [2.75, 3.05) is 5.32 Å². The van der Waals surface area contributed by atoms with E-state index in [9.17, 15) is 4.79 Å². The summed E-state index contributed by atoms with van der Waals surface area (Å²) < 4.78 is 9.15. The van der Waals surface area contributed by atoms with Crippen molar-refractivity contribution in [3.63, 3.8) is 0 Å². The molecule has 0 saturated heterocycles. The zero-order chi connectivity index (χ0) is 22.1. The second kappa shape index (κ2) is 8.49. The summed E-state index contributed by atoms with van der Waals surface area (Å²) in [6, 6.07) is 12.3. The molecule has 0 unspecified atom stereocenters. The lowest BCUT2D eigenvalue weighted by Crippen LogP contribution is -2.45. The molecule has 4 aromatic rings. The fourth-order valence-corrected chi connectivity index (χ4v) is 4.53. The van der Waals surface area contributed by atoms with Crippen molar-refractivity contribution in [3.05, 3.63) is 60.2 Å². The smallest absolute Gasteiger partial charge is 0.230 e. The maximum Gasteiger partial charge on any atom is 0.230 e. The number of hydrogen-bond donors (Lipinski definition) is 3. The van der Waals surface area contributed by atoms with Crippen LogP contribution in [0.3, 0.4) is 0 Å². The SMILES string of the molecule is CC(=O)c1cnc(-c2cnc3[nH]ccc3c2N[C@H]2C[C@@H](NSc3cccc(C#N)c3)C2)o1. The van der Waals surface area contributed by atoms with Crippen molar-refractivity contribution in [1.82, 2.24) is 19.7 Å². The van der Waals surface area contributed by atoms with Gasteiger partial charge in [0.2, 0.25) is 5.89 Å². The highest BCUT2D eigenvalue weighted by Crippen LogP contribution is 2.36. The number of carbonyl (C=O) groups is 1. The average Bonchev–Trinajstić information content (AvgIpc) is 3.45. The number of anilines is 1. The Kier molecular flexibility index (Phi) is 5.39. The summed E-state index contributed by atoms with van der Waals surface area (Å²) in [6.07, 6.45) is 6.90. The van der Waals surface area contributed by atoms with Gasteiger partial charge in [0.05, 0.1) is 29.1 Å². The first-order valence-corrected chi connectivity index (χ1v) is 11.0. The van der Waals surface area contributed by atoms with Gasteiger partial charge in [0.25, 0.3) is 0 Å². The highest BCUT2D eigenvalue weighted by atomic mass is 32.2. The number of oxazole rings is 1. The molecule has 0 atom stereocenters. The Morgan fingerprint density at radius 1 is 1.25 bits per heavy atom. The third kappa shape index (κ3) is 3.98. The Morgan fingerprint density at radius 2 is 2.12 bits per heavy atom. The third-order valence-corrected chi connectivity index (χ3v) is 6.40. The maximum absolute atomic E-state index is 11.6. The largest absolute Gasteiger partial charge is 0.433 e. The Labute approximate surface area is 188 Å². The number of aromatic amines is 1. The summed E-state index contributed by atoms with van der Waals surface area (Å²) in [7, 11) is 0. The molecule has 1 aromatic carbocycles. The number of hydrogen-bond acceptors (Lipinski definition) is 8. The van der Waals surface area contributed by atoms with Gasteiger partial charge in [0.15, 0.2) is 11.5 Å². The average molecular weight is 445 g/mol. The molecule has 32 heavy (non-hydrogen) atoms. The van der Waals surface area contributed by atoms with E-state index in [2.05, 4.69) is 31.1 Å². The zero-order valence-corrected chi connectivity index (χ0v) is 18.1. The van der Waals surface area contributed by atoms with Gasteiger partial charge in [0, 0.05) is 41.7 Å². The molecule has 1 aliphatic carbocycles. The summed E-state index contributed by atoms with van der Waals surface area (Å²) in [4.78, 5) is 24.5. The highest BCUT2D eigenvalue weighted by molar-refractivity contribution is 7.97. The number of H-pyrrole nitrogens is 1. The van der Waals surface area contributed by atoms with E-state index in [0.29, 0.717) is 17.5 Å². The minimum Gasteiger partial charge on any atom is -0.433 e. The van der Waals surface area contributed by atoms with Gasteiger partial charge in [-0.3, -0.25) is 9.52 Å². The van der Waals surface area contributed by atoms with Gasteiger partial charge >= 0.3 is 0 Å². The normalized spacial score (nSPS) is 17.6. The predicted molar refractivity (Wildman–Crippen MR) is 122 cm³/mol. The van der Waals surface area contributed by atoms with E-state index < -0.39 is 0 Å². The molecule has 8 nitrogen and oxygen atoms in total. The molecule has 0 bridgehead atoms. The monoisotopic (exact) mass is 444 g/mol. The Balaban J connectivity index is 1.29. The summed E-state index contributed by atoms with van der Waals surface area (Å²) >= 11 is 1.55. The summed E-state index contributed by atoms with van der Waals surface area (Å²) in [5, 5.41) is 13.6. The first kappa shape index (κ1) is 20.3. The lowest BCUT2D eigenvalue weighted by atomic mass is 9.87. The van der Waals surface area contributed by atoms with Gasteiger partial charge in [-0.15, -0.1) is 0 Å². The molecule has 3 aromatic heterocycles. The highest BCUT2D eigenvalue weighted by Gasteiger charge is 2.30. The van der Waals surface area contributed by atoms with Crippen LogP contribution in [0.1, 0.15) is 35.9 Å². The van der Waals surface area contributed by atoms with Crippen LogP contribution in [0.5, 0.6) is 0 Å². The van der Waals surface area contributed by atoms with E-state index in [-0.39, 0.29) is 17.6 Å². The van der Waals surface area contributed by atoms with Gasteiger partial charge in [-0.05, 0) is 49.1 Å². The standard InChI is InChI=1S/C23H20N6O2S/c1-13(30)20-12-27-23(31-20)19-11-26-22-18(5-6-25-22)21(19)28-15-8-16(9-15)29-32-17-4-2-3-14(7-17)10-24/h2-7,11-12,15-16,29H,8-9H2,1H3,(H2,25,26,28)/t15-,16+. The summed E-state index contributed by atoms with van der Waals surface area (Å²) in [5.74, 6) is 0.431. The molecular formula is C23H20N6O2S. The molecule has 0 aliphatic heterocycles. The topological polar surface area (TPSA) is 120 Å². The fraction of sp³-hybridized carbons (Fsp3) is 0.217. The molecule has 1 fully saturated rings. The third-order valence-electron chi connectivity index (χ3n) is 5.46. The van der Waals surface area contributed by atoms with Gasteiger partial charge in [0.1, 0.15) is 5.65 Å².